The predicted molar refractivity (Wildman–Crippen MR) is 134 cm³/mol. The normalized spacial score (nSPS) is 10.5. The zero-order valence-corrected chi connectivity index (χ0v) is 19.7. The van der Waals surface area contributed by atoms with Gasteiger partial charge in [0.05, 0.1) is 26.1 Å². The van der Waals surface area contributed by atoms with Crippen molar-refractivity contribution in [2.45, 2.75) is 10.6 Å². The van der Waals surface area contributed by atoms with Crippen molar-refractivity contribution in [1.29, 1.82) is 0 Å². The number of nitrogens with zero attached hydrogens (tertiary/aromatic N) is 1. The highest BCUT2D eigenvalue weighted by atomic mass is 32.2. The van der Waals surface area contributed by atoms with Gasteiger partial charge in [-0.05, 0) is 47.5 Å². The Morgan fingerprint density at radius 1 is 0.941 bits per heavy atom. The van der Waals surface area contributed by atoms with Gasteiger partial charge in [0.2, 0.25) is 0 Å². The number of ether oxygens (including phenoxy) is 3. The van der Waals surface area contributed by atoms with E-state index < -0.39 is 0 Å². The maximum Gasteiger partial charge on any atom is 0.262 e. The molecule has 0 saturated carbocycles. The molecule has 1 heterocycles. The van der Waals surface area contributed by atoms with Gasteiger partial charge in [0.1, 0.15) is 17.2 Å². The Balaban J connectivity index is 1.47. The summed E-state index contributed by atoms with van der Waals surface area (Å²) in [4.78, 5) is 13.6. The molecule has 0 saturated heterocycles. The summed E-state index contributed by atoms with van der Waals surface area (Å²) in [5, 5.41) is 9.85. The van der Waals surface area contributed by atoms with Crippen LogP contribution in [-0.2, 0) is 10.5 Å². The molecule has 4 aromatic rings. The zero-order chi connectivity index (χ0) is 23.8. The van der Waals surface area contributed by atoms with Crippen LogP contribution in [0.1, 0.15) is 5.56 Å². The van der Waals surface area contributed by atoms with Crippen LogP contribution in [-0.4, -0.2) is 36.9 Å². The number of rotatable bonds is 10. The molecule has 8 heteroatoms. The highest BCUT2D eigenvalue weighted by Crippen LogP contribution is 2.34. The molecule has 0 aliphatic heterocycles. The van der Waals surface area contributed by atoms with E-state index >= 15 is 0 Å². The summed E-state index contributed by atoms with van der Waals surface area (Å²) in [6.07, 6.45) is 3.61. The Hall–Kier alpha value is -3.91. The molecule has 174 valence electrons. The molecule has 0 aliphatic carbocycles. The number of H-pyrrole nitrogens is 1. The van der Waals surface area contributed by atoms with E-state index in [1.807, 2.05) is 54.7 Å². The van der Waals surface area contributed by atoms with Crippen molar-refractivity contribution in [2.24, 2.45) is 0 Å². The summed E-state index contributed by atoms with van der Waals surface area (Å²) in [7, 11) is 3.24. The van der Waals surface area contributed by atoms with Gasteiger partial charge in [-0.25, -0.2) is 0 Å². The fraction of sp³-hybridized carbons (Fsp3) is 0.154. The van der Waals surface area contributed by atoms with Gasteiger partial charge in [-0.1, -0.05) is 24.3 Å². The van der Waals surface area contributed by atoms with E-state index in [0.29, 0.717) is 11.5 Å². The number of aromatic amines is 1. The second-order valence-corrected chi connectivity index (χ2v) is 8.37. The molecule has 2 N–H and O–H groups in total. The number of methoxy groups -OCH3 is 2. The van der Waals surface area contributed by atoms with Crippen molar-refractivity contribution in [2.75, 3.05) is 26.1 Å². The molecule has 4 rings (SSSR count). The average molecular weight is 476 g/mol. The highest BCUT2D eigenvalue weighted by Gasteiger charge is 2.12. The Labute approximate surface area is 202 Å². The van der Waals surface area contributed by atoms with Gasteiger partial charge in [-0.3, -0.25) is 9.89 Å². The number of carbonyl (C=O) groups excluding carboxylic acids is 1. The Morgan fingerprint density at radius 2 is 1.74 bits per heavy atom. The molecular weight excluding hydrogens is 450 g/mol. The smallest absolute Gasteiger partial charge is 0.262 e. The van der Waals surface area contributed by atoms with Gasteiger partial charge in [0, 0.05) is 28.5 Å². The number of carbonyl (C=O) groups is 1. The van der Waals surface area contributed by atoms with Gasteiger partial charge in [0.25, 0.3) is 5.91 Å². The molecular formula is C26H25N3O4S. The van der Waals surface area contributed by atoms with E-state index in [-0.39, 0.29) is 12.5 Å². The van der Waals surface area contributed by atoms with Gasteiger partial charge >= 0.3 is 0 Å². The largest absolute Gasteiger partial charge is 0.497 e. The van der Waals surface area contributed by atoms with E-state index in [4.69, 9.17) is 14.2 Å². The number of nitrogens with one attached hydrogen (secondary N) is 2. The molecule has 0 spiro atoms. The first-order chi connectivity index (χ1) is 16.6. The van der Waals surface area contributed by atoms with Crippen molar-refractivity contribution in [3.05, 3.63) is 84.7 Å². The van der Waals surface area contributed by atoms with Gasteiger partial charge < -0.3 is 19.5 Å². The summed E-state index contributed by atoms with van der Waals surface area (Å²) >= 11 is 1.64. The third-order valence-electron chi connectivity index (χ3n) is 5.05. The van der Waals surface area contributed by atoms with E-state index in [2.05, 4.69) is 21.6 Å². The number of hydrogen-bond acceptors (Lipinski definition) is 6. The minimum Gasteiger partial charge on any atom is -0.497 e. The van der Waals surface area contributed by atoms with Crippen LogP contribution in [0, 0.1) is 0 Å². The minimum absolute atomic E-state index is 0.112. The fourth-order valence-corrected chi connectivity index (χ4v) is 4.24. The molecule has 7 nitrogen and oxygen atoms in total. The van der Waals surface area contributed by atoms with Crippen molar-refractivity contribution < 1.29 is 19.0 Å². The molecule has 0 aliphatic rings. The highest BCUT2D eigenvalue weighted by molar-refractivity contribution is 7.98. The quantitative estimate of drug-likeness (QED) is 0.299. The van der Waals surface area contributed by atoms with E-state index in [1.165, 1.54) is 0 Å². The van der Waals surface area contributed by atoms with Crippen molar-refractivity contribution in [3.63, 3.8) is 0 Å². The number of thioether (sulfide) groups is 1. The van der Waals surface area contributed by atoms with Crippen LogP contribution in [0.25, 0.3) is 11.1 Å². The lowest BCUT2D eigenvalue weighted by atomic mass is 10.1. The van der Waals surface area contributed by atoms with Gasteiger partial charge in [-0.15, -0.1) is 11.8 Å². The number of aromatic nitrogens is 2. The number of hydrogen-bond donors (Lipinski definition) is 2. The maximum atomic E-state index is 12.6. The third-order valence-corrected chi connectivity index (χ3v) is 6.18. The van der Waals surface area contributed by atoms with Crippen LogP contribution in [0.3, 0.4) is 0 Å². The minimum atomic E-state index is -0.245. The topological polar surface area (TPSA) is 85.5 Å². The maximum absolute atomic E-state index is 12.6. The van der Waals surface area contributed by atoms with Crippen molar-refractivity contribution in [1.82, 2.24) is 10.2 Å². The SMILES string of the molecule is COc1ccc(CSc2cc(-c3cn[nH]c3)ccc2NC(=O)COc2cccc(OC)c2)cc1. The number of benzene rings is 3. The van der Waals surface area contributed by atoms with E-state index in [9.17, 15) is 4.79 Å². The monoisotopic (exact) mass is 475 g/mol. The summed E-state index contributed by atoms with van der Waals surface area (Å²) in [6, 6.07) is 21.0. The summed E-state index contributed by atoms with van der Waals surface area (Å²) in [5.41, 5.74) is 3.87. The van der Waals surface area contributed by atoms with Crippen LogP contribution < -0.4 is 19.5 Å². The lowest BCUT2D eigenvalue weighted by molar-refractivity contribution is -0.118. The summed E-state index contributed by atoms with van der Waals surface area (Å²) in [5.74, 6) is 2.55. The molecule has 0 radical (unpaired) electrons. The molecule has 0 atom stereocenters. The van der Waals surface area contributed by atoms with Crippen LogP contribution in [0.4, 0.5) is 5.69 Å². The molecule has 0 fully saturated rings. The lowest BCUT2D eigenvalue weighted by Gasteiger charge is -2.13. The Morgan fingerprint density at radius 3 is 2.47 bits per heavy atom. The Bertz CT molecular complexity index is 1230. The van der Waals surface area contributed by atoms with Crippen LogP contribution in [0.5, 0.6) is 17.2 Å². The molecule has 34 heavy (non-hydrogen) atoms. The second kappa shape index (κ2) is 11.3. The zero-order valence-electron chi connectivity index (χ0n) is 18.9. The summed E-state index contributed by atoms with van der Waals surface area (Å²) < 4.78 is 16.1. The third kappa shape index (κ3) is 6.11. The second-order valence-electron chi connectivity index (χ2n) is 7.35. The first-order valence-electron chi connectivity index (χ1n) is 10.6. The molecule has 1 amide bonds. The van der Waals surface area contributed by atoms with E-state index in [0.717, 1.165) is 38.8 Å². The molecule has 0 bridgehead atoms. The van der Waals surface area contributed by atoms with Crippen LogP contribution >= 0.6 is 11.8 Å². The van der Waals surface area contributed by atoms with Crippen LogP contribution in [0.2, 0.25) is 0 Å². The van der Waals surface area contributed by atoms with E-state index in [1.54, 1.807) is 44.3 Å². The van der Waals surface area contributed by atoms with Crippen LogP contribution in [0.15, 0.2) is 84.0 Å². The number of anilines is 1. The predicted octanol–water partition coefficient (Wildman–Crippen LogP) is 5.40. The first-order valence-corrected chi connectivity index (χ1v) is 11.6. The molecule has 1 aromatic heterocycles. The summed E-state index contributed by atoms with van der Waals surface area (Å²) in [6.45, 7) is -0.112. The lowest BCUT2D eigenvalue weighted by Crippen LogP contribution is -2.20. The first kappa shape index (κ1) is 23.3. The molecule has 0 unspecified atom stereocenters. The fourth-order valence-electron chi connectivity index (χ4n) is 3.24. The molecule has 3 aromatic carbocycles. The number of amides is 1. The average Bonchev–Trinajstić information content (AvgIpc) is 3.42. The Kier molecular flexibility index (Phi) is 7.72. The van der Waals surface area contributed by atoms with Gasteiger partial charge in [0.15, 0.2) is 6.61 Å². The van der Waals surface area contributed by atoms with Crippen molar-refractivity contribution >= 4 is 23.4 Å². The van der Waals surface area contributed by atoms with Crippen molar-refractivity contribution in [3.8, 4) is 28.4 Å². The van der Waals surface area contributed by atoms with Gasteiger partial charge in [-0.2, -0.15) is 5.10 Å². The standard InChI is InChI=1S/C26H25N3O4S/c1-31-21-9-6-18(7-10-21)17-34-25-12-19(20-14-27-28-15-20)8-11-24(25)29-26(30)16-33-23-5-3-4-22(13-23)32-2/h3-15H,16-17H2,1-2H3,(H,27,28)(H,29,30).